The second kappa shape index (κ2) is 13.7. The summed E-state index contributed by atoms with van der Waals surface area (Å²) in [5.74, 6) is -1.25. The summed E-state index contributed by atoms with van der Waals surface area (Å²) in [4.78, 5) is 36.2. The molecular weight excluding hydrogens is 519 g/mol. The maximum Gasteiger partial charge on any atom is 0.329 e. The van der Waals surface area contributed by atoms with Crippen LogP contribution in [-0.2, 0) is 14.4 Å². The molecule has 3 aromatic rings. The second-order valence-corrected chi connectivity index (χ2v) is 8.22. The standard InChI is InChI=1S/C26H22Cl2N4O5/c1-2-10-36-22-8-6-20(7-9-22)31-25(34)26(35)32-29-15-17-4-3-5-23(11-17)37-16-24(33)30-21-13-18(27)12-19(28)14-21/h2-9,11-15H,1,10,16H2,(H,30,33)(H,31,34)(H,32,35)/b29-15-. The SMILES string of the molecule is C=CCOc1ccc(NC(=O)C(=O)N/N=C\c2cccc(OCC(=O)Nc3cc(Cl)cc(Cl)c3)c2)cc1. The highest BCUT2D eigenvalue weighted by Crippen LogP contribution is 2.22. The molecule has 9 nitrogen and oxygen atoms in total. The van der Waals surface area contributed by atoms with Crippen molar-refractivity contribution in [2.24, 2.45) is 5.10 Å². The smallest absolute Gasteiger partial charge is 0.329 e. The number of nitrogens with zero attached hydrogens (tertiary/aromatic N) is 1. The summed E-state index contributed by atoms with van der Waals surface area (Å²) in [6.07, 6.45) is 2.95. The van der Waals surface area contributed by atoms with Gasteiger partial charge in [0.1, 0.15) is 18.1 Å². The molecule has 0 saturated heterocycles. The van der Waals surface area contributed by atoms with E-state index in [1.165, 1.54) is 6.21 Å². The molecule has 0 heterocycles. The molecular formula is C26H22Cl2N4O5. The van der Waals surface area contributed by atoms with E-state index in [9.17, 15) is 14.4 Å². The molecule has 0 aliphatic rings. The molecule has 0 aliphatic carbocycles. The van der Waals surface area contributed by atoms with Crippen molar-refractivity contribution in [3.63, 3.8) is 0 Å². The van der Waals surface area contributed by atoms with E-state index in [0.717, 1.165) is 0 Å². The number of anilines is 2. The summed E-state index contributed by atoms with van der Waals surface area (Å²) >= 11 is 11.8. The van der Waals surface area contributed by atoms with Crippen LogP contribution < -0.4 is 25.5 Å². The first-order valence-corrected chi connectivity index (χ1v) is 11.5. The lowest BCUT2D eigenvalue weighted by atomic mass is 10.2. The molecule has 3 amide bonds. The van der Waals surface area contributed by atoms with Crippen molar-refractivity contribution in [3.8, 4) is 11.5 Å². The molecule has 11 heteroatoms. The van der Waals surface area contributed by atoms with E-state index in [4.69, 9.17) is 32.7 Å². The number of ether oxygens (including phenoxy) is 2. The number of benzene rings is 3. The molecule has 3 rings (SSSR count). The van der Waals surface area contributed by atoms with Gasteiger partial charge in [0.25, 0.3) is 5.91 Å². The lowest BCUT2D eigenvalue weighted by Crippen LogP contribution is -2.32. The zero-order valence-corrected chi connectivity index (χ0v) is 20.9. The maximum absolute atomic E-state index is 12.1. The van der Waals surface area contributed by atoms with Crippen molar-refractivity contribution in [1.82, 2.24) is 5.43 Å². The largest absolute Gasteiger partial charge is 0.490 e. The van der Waals surface area contributed by atoms with Crippen molar-refractivity contribution in [3.05, 3.63) is 95.0 Å². The number of nitrogens with one attached hydrogen (secondary N) is 3. The number of carbonyl (C=O) groups is 3. The minimum absolute atomic E-state index is 0.261. The third kappa shape index (κ3) is 9.32. The first kappa shape index (κ1) is 27.3. The molecule has 0 unspecified atom stereocenters. The van der Waals surface area contributed by atoms with E-state index >= 15 is 0 Å². The third-order valence-corrected chi connectivity index (χ3v) is 4.88. The lowest BCUT2D eigenvalue weighted by molar-refractivity contribution is -0.136. The number of halogens is 2. The van der Waals surface area contributed by atoms with Crippen molar-refractivity contribution in [1.29, 1.82) is 0 Å². The molecule has 0 radical (unpaired) electrons. The highest BCUT2D eigenvalue weighted by molar-refractivity contribution is 6.39. The van der Waals surface area contributed by atoms with Crippen LogP contribution in [0.1, 0.15) is 5.56 Å². The summed E-state index contributed by atoms with van der Waals surface area (Å²) < 4.78 is 10.9. The van der Waals surface area contributed by atoms with E-state index in [2.05, 4.69) is 27.7 Å². The van der Waals surface area contributed by atoms with Crippen molar-refractivity contribution >= 4 is 58.5 Å². The Kier molecular flexibility index (Phi) is 10.1. The Morgan fingerprint density at radius 2 is 1.57 bits per heavy atom. The summed E-state index contributed by atoms with van der Waals surface area (Å²) in [6, 6.07) is 17.8. The van der Waals surface area contributed by atoms with Crippen LogP contribution in [0.2, 0.25) is 10.0 Å². The molecule has 37 heavy (non-hydrogen) atoms. The monoisotopic (exact) mass is 540 g/mol. The molecule has 0 aliphatic heterocycles. The van der Waals surface area contributed by atoms with Crippen LogP contribution in [0.3, 0.4) is 0 Å². The molecule has 0 aromatic heterocycles. The Morgan fingerprint density at radius 1 is 0.838 bits per heavy atom. The number of rotatable bonds is 10. The van der Waals surface area contributed by atoms with Crippen LogP contribution in [-0.4, -0.2) is 37.1 Å². The average molecular weight is 541 g/mol. The van der Waals surface area contributed by atoms with E-state index < -0.39 is 17.7 Å². The number of hydrogen-bond acceptors (Lipinski definition) is 6. The zero-order chi connectivity index (χ0) is 26.6. The van der Waals surface area contributed by atoms with Gasteiger partial charge in [0, 0.05) is 21.4 Å². The molecule has 3 N–H and O–H groups in total. The van der Waals surface area contributed by atoms with E-state index in [0.29, 0.717) is 45.1 Å². The van der Waals surface area contributed by atoms with Gasteiger partial charge in [-0.1, -0.05) is 48.0 Å². The van der Waals surface area contributed by atoms with Gasteiger partial charge in [-0.05, 0) is 60.2 Å². The maximum atomic E-state index is 12.1. The molecule has 0 atom stereocenters. The molecule has 0 bridgehead atoms. The van der Waals surface area contributed by atoms with E-state index in [1.54, 1.807) is 72.8 Å². The zero-order valence-electron chi connectivity index (χ0n) is 19.4. The molecule has 0 spiro atoms. The Bertz CT molecular complexity index is 1290. The minimum atomic E-state index is -0.951. The summed E-state index contributed by atoms with van der Waals surface area (Å²) in [5, 5.41) is 9.67. The van der Waals surface area contributed by atoms with Crippen LogP contribution in [0, 0.1) is 0 Å². The summed E-state index contributed by atoms with van der Waals surface area (Å²) in [6.45, 7) is 3.66. The Labute approximate surface area is 223 Å². The van der Waals surface area contributed by atoms with E-state index in [1.807, 2.05) is 0 Å². The fourth-order valence-corrected chi connectivity index (χ4v) is 3.38. The van der Waals surface area contributed by atoms with Crippen molar-refractivity contribution in [2.75, 3.05) is 23.8 Å². The van der Waals surface area contributed by atoms with Crippen molar-refractivity contribution in [2.45, 2.75) is 0 Å². The number of carbonyl (C=O) groups excluding carboxylic acids is 3. The first-order chi connectivity index (χ1) is 17.8. The number of amides is 3. The summed E-state index contributed by atoms with van der Waals surface area (Å²) in [5.41, 5.74) is 3.58. The molecule has 3 aromatic carbocycles. The lowest BCUT2D eigenvalue weighted by Gasteiger charge is -2.09. The van der Waals surface area contributed by atoms with E-state index in [-0.39, 0.29) is 6.61 Å². The third-order valence-electron chi connectivity index (χ3n) is 4.44. The van der Waals surface area contributed by atoms with Gasteiger partial charge in [-0.15, -0.1) is 0 Å². The Balaban J connectivity index is 1.46. The van der Waals surface area contributed by atoms with Crippen molar-refractivity contribution < 1.29 is 23.9 Å². The van der Waals surface area contributed by atoms with Gasteiger partial charge in [0.05, 0.1) is 6.21 Å². The van der Waals surface area contributed by atoms with Crippen LogP contribution in [0.5, 0.6) is 11.5 Å². The Hall–Kier alpha value is -4.34. The van der Waals surface area contributed by atoms with Crippen LogP contribution >= 0.6 is 23.2 Å². The molecule has 190 valence electrons. The topological polar surface area (TPSA) is 118 Å². The first-order valence-electron chi connectivity index (χ1n) is 10.8. The van der Waals surface area contributed by atoms with Gasteiger partial charge in [-0.3, -0.25) is 14.4 Å². The normalized spacial score (nSPS) is 10.4. The van der Waals surface area contributed by atoms with Crippen LogP contribution in [0.4, 0.5) is 11.4 Å². The minimum Gasteiger partial charge on any atom is -0.490 e. The van der Waals surface area contributed by atoms with Gasteiger partial charge in [-0.25, -0.2) is 5.43 Å². The second-order valence-electron chi connectivity index (χ2n) is 7.34. The predicted molar refractivity (Wildman–Crippen MR) is 144 cm³/mol. The Morgan fingerprint density at radius 3 is 2.27 bits per heavy atom. The van der Waals surface area contributed by atoms with Gasteiger partial charge in [0.15, 0.2) is 6.61 Å². The number of hydrazone groups is 1. The quantitative estimate of drug-likeness (QED) is 0.149. The average Bonchev–Trinajstić information content (AvgIpc) is 2.86. The molecule has 0 fully saturated rings. The fraction of sp³-hybridized carbons (Fsp3) is 0.0769. The van der Waals surface area contributed by atoms with Crippen LogP contribution in [0.15, 0.2) is 84.5 Å². The fourth-order valence-electron chi connectivity index (χ4n) is 2.85. The number of hydrogen-bond donors (Lipinski definition) is 3. The van der Waals surface area contributed by atoms with Gasteiger partial charge >= 0.3 is 11.8 Å². The highest BCUT2D eigenvalue weighted by Gasteiger charge is 2.13. The predicted octanol–water partition coefficient (Wildman–Crippen LogP) is 4.66. The van der Waals surface area contributed by atoms with Gasteiger partial charge < -0.3 is 20.1 Å². The van der Waals surface area contributed by atoms with Gasteiger partial charge in [0.2, 0.25) is 0 Å². The molecule has 0 saturated carbocycles. The van der Waals surface area contributed by atoms with Gasteiger partial charge in [-0.2, -0.15) is 5.10 Å². The summed E-state index contributed by atoms with van der Waals surface area (Å²) in [7, 11) is 0. The van der Waals surface area contributed by atoms with Crippen LogP contribution in [0.25, 0.3) is 0 Å². The highest BCUT2D eigenvalue weighted by atomic mass is 35.5.